The van der Waals surface area contributed by atoms with Gasteiger partial charge in [-0.2, -0.15) is 0 Å². The first kappa shape index (κ1) is 16.5. The second-order valence-electron chi connectivity index (χ2n) is 6.74. The number of amides is 1. The van der Waals surface area contributed by atoms with Crippen molar-refractivity contribution in [3.8, 4) is 0 Å². The van der Waals surface area contributed by atoms with E-state index in [4.69, 9.17) is 0 Å². The largest absolute Gasteiger partial charge is 0.349 e. The second kappa shape index (κ2) is 6.93. The van der Waals surface area contributed by atoms with Crippen LogP contribution in [0.3, 0.4) is 0 Å². The van der Waals surface area contributed by atoms with Crippen LogP contribution in [-0.4, -0.2) is 35.5 Å². The molecule has 0 radical (unpaired) electrons. The lowest BCUT2D eigenvalue weighted by Gasteiger charge is -2.41. The smallest absolute Gasteiger partial charge is 0.251 e. The third-order valence-electron chi connectivity index (χ3n) is 4.15. The standard InChI is InChI=1S/C17H25BrN2O/c1-17(2,3)20-10-8-15(9-11-20)19-16(21)14-6-4-13(12-18)5-7-14/h4-7,15H,8-12H2,1-3H3,(H,19,21). The highest BCUT2D eigenvalue weighted by Crippen LogP contribution is 2.20. The summed E-state index contributed by atoms with van der Waals surface area (Å²) in [5.74, 6) is 0.0466. The Morgan fingerprint density at radius 1 is 1.24 bits per heavy atom. The summed E-state index contributed by atoms with van der Waals surface area (Å²) in [6.45, 7) is 8.85. The Morgan fingerprint density at radius 3 is 2.29 bits per heavy atom. The van der Waals surface area contributed by atoms with Gasteiger partial charge in [0.15, 0.2) is 0 Å². The summed E-state index contributed by atoms with van der Waals surface area (Å²) in [7, 11) is 0. The van der Waals surface area contributed by atoms with E-state index < -0.39 is 0 Å². The predicted octanol–water partition coefficient (Wildman–Crippen LogP) is 3.57. The molecule has 4 heteroatoms. The quantitative estimate of drug-likeness (QED) is 0.843. The molecule has 1 aliphatic rings. The van der Waals surface area contributed by atoms with Crippen LogP contribution in [0.1, 0.15) is 49.5 Å². The molecule has 0 aromatic heterocycles. The molecule has 1 aromatic carbocycles. The third kappa shape index (κ3) is 4.55. The molecular weight excluding hydrogens is 328 g/mol. The van der Waals surface area contributed by atoms with Gasteiger partial charge in [-0.1, -0.05) is 28.1 Å². The number of carbonyl (C=O) groups excluding carboxylic acids is 1. The van der Waals surface area contributed by atoms with Gasteiger partial charge in [0.1, 0.15) is 0 Å². The number of hydrogen-bond donors (Lipinski definition) is 1. The van der Waals surface area contributed by atoms with Crippen molar-refractivity contribution in [2.24, 2.45) is 0 Å². The van der Waals surface area contributed by atoms with E-state index >= 15 is 0 Å². The zero-order valence-corrected chi connectivity index (χ0v) is 14.7. The van der Waals surface area contributed by atoms with Crippen molar-refractivity contribution in [2.75, 3.05) is 13.1 Å². The molecule has 116 valence electrons. The van der Waals surface area contributed by atoms with Crippen molar-refractivity contribution in [3.63, 3.8) is 0 Å². The summed E-state index contributed by atoms with van der Waals surface area (Å²) in [4.78, 5) is 14.7. The van der Waals surface area contributed by atoms with Crippen LogP contribution in [0.25, 0.3) is 0 Å². The summed E-state index contributed by atoms with van der Waals surface area (Å²) < 4.78 is 0. The Bertz CT molecular complexity index is 471. The minimum Gasteiger partial charge on any atom is -0.349 e. The molecule has 1 aliphatic heterocycles. The summed E-state index contributed by atoms with van der Waals surface area (Å²) in [5, 5.41) is 3.99. The number of benzene rings is 1. The number of carbonyl (C=O) groups is 1. The fourth-order valence-electron chi connectivity index (χ4n) is 2.71. The zero-order chi connectivity index (χ0) is 15.5. The van der Waals surface area contributed by atoms with E-state index in [9.17, 15) is 4.79 Å². The maximum atomic E-state index is 12.3. The summed E-state index contributed by atoms with van der Waals surface area (Å²) in [6.07, 6.45) is 2.06. The number of likely N-dealkylation sites (tertiary alicyclic amines) is 1. The molecule has 3 nitrogen and oxygen atoms in total. The van der Waals surface area contributed by atoms with Crippen molar-refractivity contribution >= 4 is 21.8 Å². The Kier molecular flexibility index (Phi) is 5.44. The fourth-order valence-corrected chi connectivity index (χ4v) is 3.08. The zero-order valence-electron chi connectivity index (χ0n) is 13.2. The molecule has 1 amide bonds. The highest BCUT2D eigenvalue weighted by Gasteiger charge is 2.27. The minimum absolute atomic E-state index is 0.0466. The molecule has 1 N–H and O–H groups in total. The molecule has 1 aromatic rings. The number of rotatable bonds is 3. The average Bonchev–Trinajstić information content (AvgIpc) is 2.47. The molecule has 1 fully saturated rings. The monoisotopic (exact) mass is 352 g/mol. The van der Waals surface area contributed by atoms with Gasteiger partial charge in [0, 0.05) is 35.6 Å². The number of piperidine rings is 1. The van der Waals surface area contributed by atoms with Crippen molar-refractivity contribution in [1.29, 1.82) is 0 Å². The normalized spacial score (nSPS) is 17.7. The van der Waals surface area contributed by atoms with E-state index in [1.54, 1.807) is 0 Å². The van der Waals surface area contributed by atoms with Gasteiger partial charge in [0.25, 0.3) is 5.91 Å². The lowest BCUT2D eigenvalue weighted by molar-refractivity contribution is 0.0812. The van der Waals surface area contributed by atoms with Gasteiger partial charge in [-0.25, -0.2) is 0 Å². The molecule has 21 heavy (non-hydrogen) atoms. The van der Waals surface area contributed by atoms with Gasteiger partial charge >= 0.3 is 0 Å². The SMILES string of the molecule is CC(C)(C)N1CCC(NC(=O)c2ccc(CBr)cc2)CC1. The van der Waals surface area contributed by atoms with Crippen LogP contribution in [0.5, 0.6) is 0 Å². The first-order chi connectivity index (χ1) is 9.90. The molecule has 0 spiro atoms. The molecule has 0 saturated carbocycles. The van der Waals surface area contributed by atoms with E-state index in [1.807, 2.05) is 24.3 Å². The number of hydrogen-bond acceptors (Lipinski definition) is 2. The molecule has 2 rings (SSSR count). The Balaban J connectivity index is 1.86. The lowest BCUT2D eigenvalue weighted by atomic mass is 9.98. The van der Waals surface area contributed by atoms with Crippen LogP contribution in [-0.2, 0) is 5.33 Å². The first-order valence-corrected chi connectivity index (χ1v) is 8.73. The maximum absolute atomic E-state index is 12.3. The van der Waals surface area contributed by atoms with Crippen molar-refractivity contribution in [1.82, 2.24) is 10.2 Å². The number of nitrogens with zero attached hydrogens (tertiary/aromatic N) is 1. The van der Waals surface area contributed by atoms with Gasteiger partial charge < -0.3 is 5.32 Å². The van der Waals surface area contributed by atoms with Crippen LogP contribution in [0, 0.1) is 0 Å². The predicted molar refractivity (Wildman–Crippen MR) is 90.9 cm³/mol. The van der Waals surface area contributed by atoms with Crippen molar-refractivity contribution < 1.29 is 4.79 Å². The summed E-state index contributed by atoms with van der Waals surface area (Å²) in [6, 6.07) is 8.08. The highest BCUT2D eigenvalue weighted by molar-refractivity contribution is 9.08. The van der Waals surface area contributed by atoms with Gasteiger partial charge in [-0.3, -0.25) is 9.69 Å². The molecule has 0 atom stereocenters. The number of halogens is 1. The molecule has 0 bridgehead atoms. The van der Waals surface area contributed by atoms with Crippen molar-refractivity contribution in [3.05, 3.63) is 35.4 Å². The van der Waals surface area contributed by atoms with Crippen molar-refractivity contribution in [2.45, 2.75) is 50.5 Å². The second-order valence-corrected chi connectivity index (χ2v) is 7.30. The van der Waals surface area contributed by atoms with E-state index in [0.29, 0.717) is 6.04 Å². The van der Waals surface area contributed by atoms with Crippen LogP contribution < -0.4 is 5.32 Å². The molecule has 1 heterocycles. The Labute approximate surface area is 136 Å². The topological polar surface area (TPSA) is 32.3 Å². The molecule has 0 unspecified atom stereocenters. The molecule has 1 saturated heterocycles. The van der Waals surface area contributed by atoms with E-state index in [2.05, 4.69) is 46.9 Å². The third-order valence-corrected chi connectivity index (χ3v) is 4.80. The van der Waals surface area contributed by atoms with Gasteiger partial charge in [0.2, 0.25) is 0 Å². The van der Waals surface area contributed by atoms with E-state index in [0.717, 1.165) is 36.8 Å². The van der Waals surface area contributed by atoms with Gasteiger partial charge in [-0.05, 0) is 51.3 Å². The fraction of sp³-hybridized carbons (Fsp3) is 0.588. The highest BCUT2D eigenvalue weighted by atomic mass is 79.9. The average molecular weight is 353 g/mol. The first-order valence-electron chi connectivity index (χ1n) is 7.61. The van der Waals surface area contributed by atoms with E-state index in [1.165, 1.54) is 5.56 Å². The lowest BCUT2D eigenvalue weighted by Crippen LogP contribution is -2.50. The van der Waals surface area contributed by atoms with Gasteiger partial charge in [-0.15, -0.1) is 0 Å². The number of alkyl halides is 1. The number of nitrogens with one attached hydrogen (secondary N) is 1. The molecular formula is C17H25BrN2O. The van der Waals surface area contributed by atoms with E-state index in [-0.39, 0.29) is 11.4 Å². The minimum atomic E-state index is 0.0466. The van der Waals surface area contributed by atoms with Crippen LogP contribution in [0.15, 0.2) is 24.3 Å². The van der Waals surface area contributed by atoms with Crippen LogP contribution in [0.4, 0.5) is 0 Å². The van der Waals surface area contributed by atoms with Crippen LogP contribution >= 0.6 is 15.9 Å². The summed E-state index contributed by atoms with van der Waals surface area (Å²) in [5.41, 5.74) is 2.16. The Hall–Kier alpha value is -0.870. The van der Waals surface area contributed by atoms with Crippen LogP contribution in [0.2, 0.25) is 0 Å². The summed E-state index contributed by atoms with van der Waals surface area (Å²) >= 11 is 3.42. The maximum Gasteiger partial charge on any atom is 0.251 e. The van der Waals surface area contributed by atoms with Gasteiger partial charge in [0.05, 0.1) is 0 Å². The molecule has 0 aliphatic carbocycles. The Morgan fingerprint density at radius 2 is 1.81 bits per heavy atom.